The molecule has 3 aromatic rings. The quantitative estimate of drug-likeness (QED) is 0.380. The second-order valence-electron chi connectivity index (χ2n) is 9.15. The smallest absolute Gasteiger partial charge is 0.250 e. The summed E-state index contributed by atoms with van der Waals surface area (Å²) >= 11 is 6.08. The Kier molecular flexibility index (Phi) is 7.41. The third-order valence-electron chi connectivity index (χ3n) is 6.50. The molecule has 0 amide bonds. The van der Waals surface area contributed by atoms with Gasteiger partial charge in [-0.05, 0) is 82.3 Å². The summed E-state index contributed by atoms with van der Waals surface area (Å²) in [7, 11) is 4.30. The number of benzene rings is 2. The van der Waals surface area contributed by atoms with Crippen LogP contribution in [-0.4, -0.2) is 34.9 Å². The Hall–Kier alpha value is -2.76. The lowest BCUT2D eigenvalue weighted by atomic mass is 9.76. The first-order chi connectivity index (χ1) is 15.9. The van der Waals surface area contributed by atoms with E-state index in [-0.39, 0.29) is 11.6 Å². The molecule has 33 heavy (non-hydrogen) atoms. The third-order valence-corrected chi connectivity index (χ3v) is 6.75. The van der Waals surface area contributed by atoms with Crippen molar-refractivity contribution in [2.45, 2.75) is 38.6 Å². The molecule has 172 valence electrons. The first-order valence-corrected chi connectivity index (χ1v) is 11.8. The number of nitrogens with zero attached hydrogens (tertiary/aromatic N) is 3. The van der Waals surface area contributed by atoms with Gasteiger partial charge in [0.15, 0.2) is 0 Å². The van der Waals surface area contributed by atoms with Crippen molar-refractivity contribution >= 4 is 23.5 Å². The van der Waals surface area contributed by atoms with E-state index in [1.807, 2.05) is 37.3 Å². The van der Waals surface area contributed by atoms with Crippen LogP contribution in [0.4, 0.5) is 0 Å². The number of carbonyl (C=O) groups excluding carboxylic acids is 1. The van der Waals surface area contributed by atoms with Crippen LogP contribution in [0.2, 0.25) is 5.02 Å². The molecule has 2 aromatic carbocycles. The summed E-state index contributed by atoms with van der Waals surface area (Å²) in [6, 6.07) is 16.0. The van der Waals surface area contributed by atoms with E-state index in [0.717, 1.165) is 36.3 Å². The summed E-state index contributed by atoms with van der Waals surface area (Å²) in [5, 5.41) is 4.64. The van der Waals surface area contributed by atoms with Crippen LogP contribution < -0.4 is 0 Å². The van der Waals surface area contributed by atoms with Gasteiger partial charge in [-0.2, -0.15) is 4.98 Å². The van der Waals surface area contributed by atoms with Crippen LogP contribution in [0.15, 0.2) is 59.1 Å². The molecule has 0 saturated heterocycles. The van der Waals surface area contributed by atoms with Crippen molar-refractivity contribution in [2.24, 2.45) is 11.8 Å². The first-order valence-electron chi connectivity index (χ1n) is 11.5. The highest BCUT2D eigenvalue weighted by Crippen LogP contribution is 2.40. The summed E-state index contributed by atoms with van der Waals surface area (Å²) in [6.45, 7) is 1.98. The topological polar surface area (TPSA) is 59.2 Å². The molecule has 1 unspecified atom stereocenters. The third kappa shape index (κ3) is 5.79. The van der Waals surface area contributed by atoms with Crippen LogP contribution in [-0.2, 0) is 0 Å². The molecular formula is C27H30ClN3O2. The van der Waals surface area contributed by atoms with Crippen molar-refractivity contribution in [3.8, 4) is 0 Å². The Morgan fingerprint density at radius 1 is 1.06 bits per heavy atom. The lowest BCUT2D eigenvalue weighted by Crippen LogP contribution is -2.30. The van der Waals surface area contributed by atoms with Crippen LogP contribution in [0, 0.1) is 18.8 Å². The average molecular weight is 464 g/mol. The molecule has 1 saturated carbocycles. The number of hydrogen-bond donors (Lipinski definition) is 0. The number of halogens is 1. The van der Waals surface area contributed by atoms with Crippen molar-refractivity contribution in [3.63, 3.8) is 0 Å². The predicted molar refractivity (Wildman–Crippen MR) is 131 cm³/mol. The summed E-state index contributed by atoms with van der Waals surface area (Å²) in [5.41, 5.74) is 2.98. The van der Waals surface area contributed by atoms with E-state index in [4.69, 9.17) is 16.1 Å². The van der Waals surface area contributed by atoms with E-state index in [1.165, 1.54) is 5.56 Å². The number of aryl methyl sites for hydroxylation is 1. The molecule has 1 atom stereocenters. The van der Waals surface area contributed by atoms with Gasteiger partial charge >= 0.3 is 0 Å². The highest BCUT2D eigenvalue weighted by molar-refractivity contribution is 6.30. The molecule has 1 aromatic heterocycles. The second kappa shape index (κ2) is 10.4. The minimum absolute atomic E-state index is 0.0963. The van der Waals surface area contributed by atoms with Crippen molar-refractivity contribution < 1.29 is 9.32 Å². The monoisotopic (exact) mass is 463 g/mol. The number of carbonyl (C=O) groups is 1. The van der Waals surface area contributed by atoms with Crippen LogP contribution in [0.5, 0.6) is 0 Å². The number of hydrogen-bond acceptors (Lipinski definition) is 5. The second-order valence-corrected chi connectivity index (χ2v) is 9.58. The van der Waals surface area contributed by atoms with Crippen LogP contribution in [0.3, 0.4) is 0 Å². The highest BCUT2D eigenvalue weighted by atomic mass is 35.5. The maximum Gasteiger partial charge on any atom is 0.250 e. The Morgan fingerprint density at radius 2 is 1.73 bits per heavy atom. The van der Waals surface area contributed by atoms with Crippen molar-refractivity contribution in [1.29, 1.82) is 0 Å². The molecule has 1 heterocycles. The van der Waals surface area contributed by atoms with Gasteiger partial charge in [0, 0.05) is 16.6 Å². The van der Waals surface area contributed by atoms with Crippen molar-refractivity contribution in [1.82, 2.24) is 15.0 Å². The van der Waals surface area contributed by atoms with Crippen LogP contribution in [0.1, 0.15) is 64.9 Å². The van der Waals surface area contributed by atoms with E-state index in [9.17, 15) is 4.79 Å². The fourth-order valence-corrected chi connectivity index (χ4v) is 4.88. The molecule has 0 N–H and O–H groups in total. The molecule has 1 aliphatic carbocycles. The number of allylic oxidation sites excluding steroid dienone is 1. The number of aromatic nitrogens is 2. The van der Waals surface area contributed by atoms with E-state index >= 15 is 0 Å². The van der Waals surface area contributed by atoms with Gasteiger partial charge in [0.2, 0.25) is 11.6 Å². The lowest BCUT2D eigenvalue weighted by Gasteiger charge is -2.37. The van der Waals surface area contributed by atoms with Gasteiger partial charge in [-0.25, -0.2) is 0 Å². The van der Waals surface area contributed by atoms with Gasteiger partial charge in [0.25, 0.3) is 5.89 Å². The highest BCUT2D eigenvalue weighted by Gasteiger charge is 2.29. The van der Waals surface area contributed by atoms with Gasteiger partial charge in [-0.1, -0.05) is 64.8 Å². The van der Waals surface area contributed by atoms with E-state index in [2.05, 4.69) is 47.3 Å². The molecule has 1 fully saturated rings. The average Bonchev–Trinajstić information content (AvgIpc) is 3.29. The van der Waals surface area contributed by atoms with Crippen LogP contribution in [0.25, 0.3) is 6.08 Å². The van der Waals surface area contributed by atoms with Gasteiger partial charge < -0.3 is 9.42 Å². The summed E-state index contributed by atoms with van der Waals surface area (Å²) in [6.07, 6.45) is 8.54. The van der Waals surface area contributed by atoms with Crippen molar-refractivity contribution in [2.75, 3.05) is 14.1 Å². The van der Waals surface area contributed by atoms with E-state index in [0.29, 0.717) is 29.3 Å². The molecule has 6 heteroatoms. The van der Waals surface area contributed by atoms with E-state index in [1.54, 1.807) is 12.1 Å². The minimum atomic E-state index is -0.226. The zero-order valence-electron chi connectivity index (χ0n) is 19.4. The minimum Gasteiger partial charge on any atom is -0.334 e. The van der Waals surface area contributed by atoms with Crippen LogP contribution >= 0.6 is 11.6 Å². The Labute approximate surface area is 200 Å². The molecular weight excluding hydrogens is 434 g/mol. The fraction of sp³-hybridized carbons (Fsp3) is 0.370. The maximum absolute atomic E-state index is 12.5. The van der Waals surface area contributed by atoms with Gasteiger partial charge in [0.05, 0.1) is 0 Å². The van der Waals surface area contributed by atoms with Gasteiger partial charge in [0.1, 0.15) is 0 Å². The predicted octanol–water partition coefficient (Wildman–Crippen LogP) is 6.38. The number of ketones is 1. The summed E-state index contributed by atoms with van der Waals surface area (Å²) < 4.78 is 5.29. The lowest BCUT2D eigenvalue weighted by molar-refractivity contribution is 0.102. The molecule has 5 nitrogen and oxygen atoms in total. The summed E-state index contributed by atoms with van der Waals surface area (Å²) in [5.74, 6) is 1.32. The Bertz CT molecular complexity index is 1100. The largest absolute Gasteiger partial charge is 0.334 e. The number of rotatable bonds is 7. The SMILES string of the molecule is Cc1ccc(C(=O)c2noc(/C=C/C3CCC(C(c4ccc(Cl)cc4)N(C)C)CC3)n2)cc1. The standard InChI is InChI=1S/C27H30ClN3O2/c1-18-4-9-22(10-5-18)26(32)27-29-24(33-30-27)17-8-19-6-11-20(12-7-19)25(31(2)3)21-13-15-23(28)16-14-21/h4-5,8-10,13-17,19-20,25H,6-7,11-12H2,1-3H3/b17-8+. The summed E-state index contributed by atoms with van der Waals surface area (Å²) in [4.78, 5) is 19.1. The molecule has 0 radical (unpaired) electrons. The normalized spacial score (nSPS) is 19.8. The molecule has 1 aliphatic rings. The zero-order valence-corrected chi connectivity index (χ0v) is 20.1. The van der Waals surface area contributed by atoms with Gasteiger partial charge in [-0.15, -0.1) is 0 Å². The van der Waals surface area contributed by atoms with Crippen molar-refractivity contribution in [3.05, 3.63) is 88.0 Å². The maximum atomic E-state index is 12.5. The molecule has 0 spiro atoms. The fourth-order valence-electron chi connectivity index (χ4n) is 4.75. The molecule has 0 aliphatic heterocycles. The first kappa shape index (κ1) is 23.4. The Balaban J connectivity index is 1.35. The zero-order chi connectivity index (χ0) is 23.4. The van der Waals surface area contributed by atoms with E-state index < -0.39 is 0 Å². The van der Waals surface area contributed by atoms with Gasteiger partial charge in [-0.3, -0.25) is 4.79 Å². The molecule has 4 rings (SSSR count). The Morgan fingerprint density at radius 3 is 2.36 bits per heavy atom. The molecule has 0 bridgehead atoms.